The Bertz CT molecular complexity index is 332. The minimum atomic E-state index is 0.458. The van der Waals surface area contributed by atoms with Crippen molar-refractivity contribution in [1.29, 1.82) is 0 Å². The summed E-state index contributed by atoms with van der Waals surface area (Å²) in [5, 5.41) is 3.28. The molecule has 1 aromatic rings. The van der Waals surface area contributed by atoms with Crippen molar-refractivity contribution in [1.82, 2.24) is 5.32 Å². The van der Waals surface area contributed by atoms with E-state index in [-0.39, 0.29) is 0 Å². The zero-order valence-electron chi connectivity index (χ0n) is 9.84. The summed E-state index contributed by atoms with van der Waals surface area (Å²) in [7, 11) is 2.05. The minimum absolute atomic E-state index is 0.458. The van der Waals surface area contributed by atoms with Gasteiger partial charge in [0, 0.05) is 0 Å². The number of aryl methyl sites for hydroxylation is 1. The maximum atomic E-state index is 3.28. The van der Waals surface area contributed by atoms with Crippen LogP contribution >= 0.6 is 0 Å². The van der Waals surface area contributed by atoms with Crippen LogP contribution in [-0.4, -0.2) is 13.6 Å². The normalized spacial score (nSPS) is 24.1. The molecule has 0 fully saturated rings. The first-order chi connectivity index (χ1) is 7.32. The number of fused-ring (bicyclic) bond motifs is 1. The summed E-state index contributed by atoms with van der Waals surface area (Å²) in [4.78, 5) is 0. The average Bonchev–Trinajstić information content (AvgIpc) is 2.66. The summed E-state index contributed by atoms with van der Waals surface area (Å²) in [6, 6.07) is 8.99. The third kappa shape index (κ3) is 1.81. The molecule has 1 nitrogen and oxygen atoms in total. The molecular weight excluding hydrogens is 182 g/mol. The largest absolute Gasteiger partial charge is 0.320 e. The van der Waals surface area contributed by atoms with Crippen LogP contribution in [0.1, 0.15) is 37.3 Å². The zero-order chi connectivity index (χ0) is 10.7. The first-order valence-corrected chi connectivity index (χ1v) is 6.05. The van der Waals surface area contributed by atoms with Gasteiger partial charge < -0.3 is 5.32 Å². The lowest BCUT2D eigenvalue weighted by molar-refractivity contribution is 0.373. The van der Waals surface area contributed by atoms with E-state index >= 15 is 0 Å². The molecule has 0 saturated carbocycles. The third-order valence-corrected chi connectivity index (χ3v) is 3.99. The van der Waals surface area contributed by atoms with Crippen molar-refractivity contribution < 1.29 is 0 Å². The molecular formula is C14H21N. The topological polar surface area (TPSA) is 12.0 Å². The van der Waals surface area contributed by atoms with Gasteiger partial charge in [-0.25, -0.2) is 0 Å². The van der Waals surface area contributed by atoms with E-state index in [2.05, 4.69) is 36.5 Å². The van der Waals surface area contributed by atoms with Crippen molar-refractivity contribution >= 4 is 0 Å². The number of rotatable bonds is 4. The molecule has 1 aliphatic rings. The van der Waals surface area contributed by atoms with Crippen LogP contribution in [0.15, 0.2) is 24.3 Å². The molecule has 0 spiro atoms. The van der Waals surface area contributed by atoms with Gasteiger partial charge in [0.15, 0.2) is 0 Å². The van der Waals surface area contributed by atoms with E-state index in [1.165, 1.54) is 25.7 Å². The van der Waals surface area contributed by atoms with Crippen LogP contribution in [0.25, 0.3) is 0 Å². The lowest BCUT2D eigenvalue weighted by atomic mass is 9.76. The molecule has 1 atom stereocenters. The van der Waals surface area contributed by atoms with E-state index in [0.29, 0.717) is 5.41 Å². The summed E-state index contributed by atoms with van der Waals surface area (Å²) in [5.74, 6) is 0. The summed E-state index contributed by atoms with van der Waals surface area (Å²) >= 11 is 0. The van der Waals surface area contributed by atoms with Crippen LogP contribution in [0.5, 0.6) is 0 Å². The molecule has 0 heterocycles. The Morgan fingerprint density at radius 1 is 1.33 bits per heavy atom. The predicted octanol–water partition coefficient (Wildman–Crippen LogP) is 2.89. The molecule has 0 bridgehead atoms. The molecule has 15 heavy (non-hydrogen) atoms. The van der Waals surface area contributed by atoms with Crippen LogP contribution in [0, 0.1) is 0 Å². The van der Waals surface area contributed by atoms with Crippen LogP contribution < -0.4 is 5.32 Å². The van der Waals surface area contributed by atoms with Crippen LogP contribution in [-0.2, 0) is 11.8 Å². The van der Waals surface area contributed by atoms with Gasteiger partial charge in [-0.15, -0.1) is 0 Å². The Balaban J connectivity index is 2.28. The zero-order valence-corrected chi connectivity index (χ0v) is 9.84. The van der Waals surface area contributed by atoms with Crippen molar-refractivity contribution in [2.24, 2.45) is 0 Å². The van der Waals surface area contributed by atoms with Gasteiger partial charge in [-0.05, 0) is 55.8 Å². The molecule has 1 N–H and O–H groups in total. The Morgan fingerprint density at radius 2 is 2.13 bits per heavy atom. The second kappa shape index (κ2) is 4.36. The van der Waals surface area contributed by atoms with E-state index in [0.717, 1.165) is 6.54 Å². The molecule has 82 valence electrons. The molecule has 1 unspecified atom stereocenters. The molecule has 0 saturated heterocycles. The fourth-order valence-corrected chi connectivity index (χ4v) is 2.93. The van der Waals surface area contributed by atoms with Crippen LogP contribution in [0.2, 0.25) is 0 Å². The van der Waals surface area contributed by atoms with Gasteiger partial charge in [0.25, 0.3) is 0 Å². The molecule has 2 rings (SSSR count). The van der Waals surface area contributed by atoms with E-state index in [9.17, 15) is 0 Å². The smallest absolute Gasteiger partial charge is 0.00317 e. The Hall–Kier alpha value is -0.820. The summed E-state index contributed by atoms with van der Waals surface area (Å²) in [5.41, 5.74) is 3.65. The molecule has 0 aliphatic heterocycles. The van der Waals surface area contributed by atoms with Crippen molar-refractivity contribution in [3.8, 4) is 0 Å². The van der Waals surface area contributed by atoms with Gasteiger partial charge in [-0.3, -0.25) is 0 Å². The Kier molecular flexibility index (Phi) is 3.11. The van der Waals surface area contributed by atoms with E-state index in [1.807, 2.05) is 7.05 Å². The fourth-order valence-electron chi connectivity index (χ4n) is 2.93. The molecule has 0 radical (unpaired) electrons. The van der Waals surface area contributed by atoms with Crippen LogP contribution in [0.3, 0.4) is 0 Å². The van der Waals surface area contributed by atoms with Crippen molar-refractivity contribution in [2.45, 2.75) is 38.0 Å². The predicted molar refractivity (Wildman–Crippen MR) is 65.3 cm³/mol. The average molecular weight is 203 g/mol. The first kappa shape index (κ1) is 10.7. The second-order valence-corrected chi connectivity index (χ2v) is 4.64. The third-order valence-electron chi connectivity index (χ3n) is 3.99. The summed E-state index contributed by atoms with van der Waals surface area (Å²) in [6.45, 7) is 3.46. The molecule has 1 heteroatoms. The van der Waals surface area contributed by atoms with Gasteiger partial charge in [0.2, 0.25) is 0 Å². The van der Waals surface area contributed by atoms with E-state index < -0.39 is 0 Å². The minimum Gasteiger partial charge on any atom is -0.320 e. The van der Waals surface area contributed by atoms with Crippen molar-refractivity contribution in [2.75, 3.05) is 13.6 Å². The summed E-state index contributed by atoms with van der Waals surface area (Å²) < 4.78 is 0. The number of hydrogen-bond acceptors (Lipinski definition) is 1. The summed E-state index contributed by atoms with van der Waals surface area (Å²) in [6.07, 6.45) is 5.15. The lowest BCUT2D eigenvalue weighted by Gasteiger charge is -2.29. The quantitative estimate of drug-likeness (QED) is 0.793. The highest BCUT2D eigenvalue weighted by Crippen LogP contribution is 2.43. The first-order valence-electron chi connectivity index (χ1n) is 6.05. The van der Waals surface area contributed by atoms with E-state index in [1.54, 1.807) is 11.1 Å². The van der Waals surface area contributed by atoms with Crippen LogP contribution in [0.4, 0.5) is 0 Å². The standard InChI is InChI=1S/C14H21N/c1-3-14(10-11-15-2)9-8-12-6-4-5-7-13(12)14/h4-7,15H,3,8-11H2,1-2H3. The molecule has 1 aromatic carbocycles. The molecule has 0 amide bonds. The van der Waals surface area contributed by atoms with Gasteiger partial charge >= 0.3 is 0 Å². The van der Waals surface area contributed by atoms with Gasteiger partial charge in [0.05, 0.1) is 0 Å². The highest BCUT2D eigenvalue weighted by Gasteiger charge is 2.35. The van der Waals surface area contributed by atoms with Gasteiger partial charge in [0.1, 0.15) is 0 Å². The van der Waals surface area contributed by atoms with Gasteiger partial charge in [-0.1, -0.05) is 31.2 Å². The molecule has 1 aliphatic carbocycles. The maximum absolute atomic E-state index is 3.28. The Labute approximate surface area is 92.9 Å². The Morgan fingerprint density at radius 3 is 2.87 bits per heavy atom. The maximum Gasteiger partial charge on any atom is -0.00317 e. The monoisotopic (exact) mass is 203 g/mol. The highest BCUT2D eigenvalue weighted by atomic mass is 14.8. The fraction of sp³-hybridized carbons (Fsp3) is 0.571. The number of benzene rings is 1. The number of hydrogen-bond donors (Lipinski definition) is 1. The lowest BCUT2D eigenvalue weighted by Crippen LogP contribution is -2.27. The van der Waals surface area contributed by atoms with Gasteiger partial charge in [-0.2, -0.15) is 0 Å². The van der Waals surface area contributed by atoms with Crippen molar-refractivity contribution in [3.63, 3.8) is 0 Å². The molecule has 0 aromatic heterocycles. The number of nitrogens with one attached hydrogen (secondary N) is 1. The second-order valence-electron chi connectivity index (χ2n) is 4.64. The van der Waals surface area contributed by atoms with E-state index in [4.69, 9.17) is 0 Å². The highest BCUT2D eigenvalue weighted by molar-refractivity contribution is 5.39. The van der Waals surface area contributed by atoms with Crippen molar-refractivity contribution in [3.05, 3.63) is 35.4 Å². The SMILES string of the molecule is CCC1(CCNC)CCc2ccccc21.